The Bertz CT molecular complexity index is 1080. The van der Waals surface area contributed by atoms with Crippen molar-refractivity contribution in [2.75, 3.05) is 26.2 Å². The van der Waals surface area contributed by atoms with E-state index < -0.39 is 0 Å². The first-order chi connectivity index (χ1) is 16.8. The average molecular weight is 482 g/mol. The van der Waals surface area contributed by atoms with Gasteiger partial charge in [-0.1, -0.05) is 22.9 Å². The van der Waals surface area contributed by atoms with Gasteiger partial charge >= 0.3 is 5.97 Å². The SMILES string of the molecule is CCOC(=O)[C@@H]1CCCN(C(=O)CCN(C(=O)c2cc(-c3c(C)cc(C)cc3C)on2)C2CC2)C1. The van der Waals surface area contributed by atoms with Gasteiger partial charge in [-0.15, -0.1) is 0 Å². The molecule has 2 heterocycles. The van der Waals surface area contributed by atoms with Crippen LogP contribution in [0.4, 0.5) is 0 Å². The lowest BCUT2D eigenvalue weighted by Gasteiger charge is -2.32. The van der Waals surface area contributed by atoms with Crippen LogP contribution in [0.1, 0.15) is 66.2 Å². The minimum absolute atomic E-state index is 0.0378. The lowest BCUT2D eigenvalue weighted by Crippen LogP contribution is -2.44. The highest BCUT2D eigenvalue weighted by molar-refractivity contribution is 5.94. The molecule has 1 aliphatic heterocycles. The Morgan fingerprint density at radius 3 is 2.49 bits per heavy atom. The fourth-order valence-corrected chi connectivity index (χ4v) is 5.08. The minimum Gasteiger partial charge on any atom is -0.466 e. The number of piperidine rings is 1. The predicted molar refractivity (Wildman–Crippen MR) is 131 cm³/mol. The summed E-state index contributed by atoms with van der Waals surface area (Å²) in [7, 11) is 0. The maximum absolute atomic E-state index is 13.3. The van der Waals surface area contributed by atoms with Crippen LogP contribution in [0, 0.1) is 26.7 Å². The normalized spacial score (nSPS) is 17.8. The fourth-order valence-electron chi connectivity index (χ4n) is 5.08. The van der Waals surface area contributed by atoms with Crippen LogP contribution in [0.5, 0.6) is 0 Å². The summed E-state index contributed by atoms with van der Waals surface area (Å²) in [6.45, 7) is 9.57. The molecule has 1 aromatic heterocycles. The molecule has 0 spiro atoms. The summed E-state index contributed by atoms with van der Waals surface area (Å²) in [5.74, 6) is -0.171. The molecule has 8 heteroatoms. The van der Waals surface area contributed by atoms with Crippen molar-refractivity contribution in [2.45, 2.75) is 65.8 Å². The highest BCUT2D eigenvalue weighted by atomic mass is 16.5. The number of esters is 1. The maximum Gasteiger partial charge on any atom is 0.310 e. The van der Waals surface area contributed by atoms with E-state index in [1.54, 1.807) is 22.8 Å². The highest BCUT2D eigenvalue weighted by Crippen LogP contribution is 2.32. The number of hydrogen-bond acceptors (Lipinski definition) is 6. The van der Waals surface area contributed by atoms with Crippen molar-refractivity contribution in [3.8, 4) is 11.3 Å². The quantitative estimate of drug-likeness (QED) is 0.528. The van der Waals surface area contributed by atoms with E-state index in [1.807, 2.05) is 13.8 Å². The van der Waals surface area contributed by atoms with Crippen molar-refractivity contribution >= 4 is 17.8 Å². The molecule has 2 amide bonds. The number of likely N-dealkylation sites (tertiary alicyclic amines) is 1. The molecule has 0 N–H and O–H groups in total. The van der Waals surface area contributed by atoms with Gasteiger partial charge in [0.15, 0.2) is 11.5 Å². The van der Waals surface area contributed by atoms with Gasteiger partial charge in [0.05, 0.1) is 12.5 Å². The Balaban J connectivity index is 1.41. The second-order valence-corrected chi connectivity index (χ2v) is 9.76. The molecule has 1 saturated carbocycles. The van der Waals surface area contributed by atoms with Gasteiger partial charge in [0.1, 0.15) is 0 Å². The summed E-state index contributed by atoms with van der Waals surface area (Å²) in [6.07, 6.45) is 3.59. The molecule has 2 aromatic rings. The number of hydrogen-bond donors (Lipinski definition) is 0. The number of aryl methyl sites for hydroxylation is 3. The Labute approximate surface area is 206 Å². The van der Waals surface area contributed by atoms with E-state index in [0.29, 0.717) is 32.0 Å². The fraction of sp³-hybridized carbons (Fsp3) is 0.556. The van der Waals surface area contributed by atoms with E-state index >= 15 is 0 Å². The third-order valence-corrected chi connectivity index (χ3v) is 6.86. The first-order valence-electron chi connectivity index (χ1n) is 12.6. The number of benzene rings is 1. The van der Waals surface area contributed by atoms with Crippen molar-refractivity contribution < 1.29 is 23.6 Å². The molecule has 35 heavy (non-hydrogen) atoms. The number of carbonyl (C=O) groups is 3. The van der Waals surface area contributed by atoms with E-state index in [1.165, 1.54) is 5.56 Å². The molecule has 188 valence electrons. The molecule has 0 bridgehead atoms. The smallest absolute Gasteiger partial charge is 0.310 e. The van der Waals surface area contributed by atoms with Crippen LogP contribution in [0.15, 0.2) is 22.7 Å². The van der Waals surface area contributed by atoms with E-state index in [9.17, 15) is 14.4 Å². The van der Waals surface area contributed by atoms with Gasteiger partial charge in [-0.25, -0.2) is 0 Å². The topological polar surface area (TPSA) is 93.0 Å². The summed E-state index contributed by atoms with van der Waals surface area (Å²) in [5, 5.41) is 4.08. The van der Waals surface area contributed by atoms with Crippen molar-refractivity contribution in [2.24, 2.45) is 5.92 Å². The van der Waals surface area contributed by atoms with Crippen molar-refractivity contribution in [3.05, 3.63) is 40.6 Å². The van der Waals surface area contributed by atoms with Crippen LogP contribution in [-0.4, -0.2) is 65.0 Å². The number of carbonyl (C=O) groups excluding carboxylic acids is 3. The monoisotopic (exact) mass is 481 g/mol. The zero-order chi connectivity index (χ0) is 25.1. The van der Waals surface area contributed by atoms with E-state index in [4.69, 9.17) is 9.26 Å². The van der Waals surface area contributed by atoms with Crippen LogP contribution in [0.25, 0.3) is 11.3 Å². The van der Waals surface area contributed by atoms with Gasteiger partial charge in [-0.05, 0) is 64.5 Å². The van der Waals surface area contributed by atoms with E-state index in [0.717, 1.165) is 42.4 Å². The molecule has 1 aromatic carbocycles. The summed E-state index contributed by atoms with van der Waals surface area (Å²) in [6, 6.07) is 6.01. The summed E-state index contributed by atoms with van der Waals surface area (Å²) >= 11 is 0. The summed E-state index contributed by atoms with van der Waals surface area (Å²) < 4.78 is 10.7. The van der Waals surface area contributed by atoms with Crippen LogP contribution < -0.4 is 0 Å². The molecule has 2 fully saturated rings. The van der Waals surface area contributed by atoms with Crippen molar-refractivity contribution in [3.63, 3.8) is 0 Å². The van der Waals surface area contributed by atoms with E-state index in [2.05, 4.69) is 24.2 Å². The molecule has 1 saturated heterocycles. The van der Waals surface area contributed by atoms with Crippen LogP contribution in [0.2, 0.25) is 0 Å². The van der Waals surface area contributed by atoms with Crippen molar-refractivity contribution in [1.82, 2.24) is 15.0 Å². The van der Waals surface area contributed by atoms with Gasteiger partial charge in [-0.3, -0.25) is 14.4 Å². The number of nitrogens with zero attached hydrogens (tertiary/aromatic N) is 3. The molecule has 4 rings (SSSR count). The van der Waals surface area contributed by atoms with Crippen LogP contribution >= 0.6 is 0 Å². The van der Waals surface area contributed by atoms with E-state index in [-0.39, 0.29) is 41.9 Å². The predicted octanol–water partition coefficient (Wildman–Crippen LogP) is 4.06. The lowest BCUT2D eigenvalue weighted by atomic mass is 9.98. The Kier molecular flexibility index (Phi) is 7.57. The van der Waals surface area contributed by atoms with Gasteiger partial charge < -0.3 is 19.1 Å². The Morgan fingerprint density at radius 2 is 1.83 bits per heavy atom. The van der Waals surface area contributed by atoms with Gasteiger partial charge in [-0.2, -0.15) is 0 Å². The van der Waals surface area contributed by atoms with Crippen LogP contribution in [-0.2, 0) is 14.3 Å². The van der Waals surface area contributed by atoms with Crippen molar-refractivity contribution in [1.29, 1.82) is 0 Å². The standard InChI is InChI=1S/C27H35N3O5/c1-5-34-27(33)20-7-6-11-29(16-20)24(31)10-12-30(21-8-9-21)26(32)22-15-23(35-28-22)25-18(3)13-17(2)14-19(25)4/h13-15,20-21H,5-12,16H2,1-4H3/t20-/m1/s1. The van der Waals surface area contributed by atoms with Crippen LogP contribution in [0.3, 0.4) is 0 Å². The first-order valence-corrected chi connectivity index (χ1v) is 12.6. The molecule has 0 radical (unpaired) electrons. The minimum atomic E-state index is -0.268. The molecule has 1 atom stereocenters. The summed E-state index contributed by atoms with van der Waals surface area (Å²) in [5.41, 5.74) is 4.54. The molecular weight excluding hydrogens is 446 g/mol. The largest absolute Gasteiger partial charge is 0.466 e. The number of ether oxygens (including phenoxy) is 1. The molecule has 0 unspecified atom stereocenters. The number of amides is 2. The van der Waals surface area contributed by atoms with Gasteiger partial charge in [0.2, 0.25) is 5.91 Å². The second kappa shape index (κ2) is 10.6. The Morgan fingerprint density at radius 1 is 1.11 bits per heavy atom. The average Bonchev–Trinajstić information content (AvgIpc) is 3.55. The third-order valence-electron chi connectivity index (χ3n) is 6.86. The molecule has 2 aliphatic rings. The Hall–Kier alpha value is -3.16. The zero-order valence-corrected chi connectivity index (χ0v) is 21.1. The lowest BCUT2D eigenvalue weighted by molar-refractivity contribution is -0.151. The maximum atomic E-state index is 13.3. The highest BCUT2D eigenvalue weighted by Gasteiger charge is 2.36. The summed E-state index contributed by atoms with van der Waals surface area (Å²) in [4.78, 5) is 41.8. The number of rotatable bonds is 8. The zero-order valence-electron chi connectivity index (χ0n) is 21.1. The van der Waals surface area contributed by atoms with Gasteiger partial charge in [0.25, 0.3) is 5.91 Å². The molecule has 1 aliphatic carbocycles. The first kappa shape index (κ1) is 24.9. The third kappa shape index (κ3) is 5.74. The number of aromatic nitrogens is 1. The molecule has 8 nitrogen and oxygen atoms in total. The second-order valence-electron chi connectivity index (χ2n) is 9.76. The van der Waals surface area contributed by atoms with Gasteiger partial charge in [0, 0.05) is 43.7 Å². The molecular formula is C27H35N3O5.